The van der Waals surface area contributed by atoms with Crippen LogP contribution in [-0.2, 0) is 28.8 Å². The third-order valence-corrected chi connectivity index (χ3v) is 3.77. The Morgan fingerprint density at radius 2 is 1.14 bits per heavy atom. The van der Waals surface area contributed by atoms with Crippen molar-refractivity contribution in [3.63, 3.8) is 0 Å². The molecule has 0 aromatic carbocycles. The first-order valence-electron chi connectivity index (χ1n) is 8.81. The third-order valence-electron chi connectivity index (χ3n) is 3.77. The van der Waals surface area contributed by atoms with Crippen molar-refractivity contribution in [3.8, 4) is 0 Å². The van der Waals surface area contributed by atoms with Crippen LogP contribution >= 0.6 is 0 Å². The molecule has 4 unspecified atom stereocenters. The van der Waals surface area contributed by atoms with E-state index in [1.165, 1.54) is 13.8 Å². The molecule has 0 aromatic heterocycles. The summed E-state index contributed by atoms with van der Waals surface area (Å²) < 4.78 is 0. The highest BCUT2D eigenvalue weighted by molar-refractivity contribution is 5.94. The maximum atomic E-state index is 12.6. The zero-order valence-electron chi connectivity index (χ0n) is 16.3. The van der Waals surface area contributed by atoms with Crippen LogP contribution in [-0.4, -0.2) is 64.8 Å². The van der Waals surface area contributed by atoms with E-state index in [2.05, 4.69) is 16.0 Å². The van der Waals surface area contributed by atoms with Gasteiger partial charge in [0.05, 0.1) is 6.04 Å². The van der Waals surface area contributed by atoms with Gasteiger partial charge in [-0.25, -0.2) is 0 Å². The Balaban J connectivity index is 5.36. The summed E-state index contributed by atoms with van der Waals surface area (Å²) in [6.45, 7) is 2.60. The van der Waals surface area contributed by atoms with E-state index in [0.29, 0.717) is 0 Å². The van der Waals surface area contributed by atoms with E-state index in [4.69, 9.17) is 22.3 Å². The van der Waals surface area contributed by atoms with E-state index in [1.54, 1.807) is 0 Å². The fourth-order valence-electron chi connectivity index (χ4n) is 2.06. The molecule has 0 rings (SSSR count). The molecule has 0 aliphatic heterocycles. The summed E-state index contributed by atoms with van der Waals surface area (Å²) in [5.74, 6) is -5.13. The number of carboxylic acid groups (broad SMARTS) is 1. The van der Waals surface area contributed by atoms with Gasteiger partial charge in [-0.3, -0.25) is 28.8 Å². The SMILES string of the molecule is CC(N)C(=O)NC(CCC(N)=O)C(=O)NC(CCC(N)=O)C(=O)NC(C)C(=O)O. The molecule has 13 heteroatoms. The highest BCUT2D eigenvalue weighted by Gasteiger charge is 2.29. The van der Waals surface area contributed by atoms with Gasteiger partial charge in [-0.2, -0.15) is 0 Å². The molecular formula is C16H28N6O7. The van der Waals surface area contributed by atoms with Gasteiger partial charge in [0.15, 0.2) is 0 Å². The highest BCUT2D eigenvalue weighted by atomic mass is 16.4. The Hall–Kier alpha value is -3.22. The fourth-order valence-corrected chi connectivity index (χ4v) is 2.06. The third kappa shape index (κ3) is 10.6. The largest absolute Gasteiger partial charge is 0.480 e. The molecule has 13 nitrogen and oxygen atoms in total. The van der Waals surface area contributed by atoms with E-state index in [-0.39, 0.29) is 25.7 Å². The van der Waals surface area contributed by atoms with E-state index >= 15 is 0 Å². The first kappa shape index (κ1) is 25.8. The number of rotatable bonds is 13. The molecule has 0 aromatic rings. The van der Waals surface area contributed by atoms with E-state index in [9.17, 15) is 28.8 Å². The second-order valence-corrected chi connectivity index (χ2v) is 6.49. The number of hydrogen-bond acceptors (Lipinski definition) is 7. The number of carboxylic acids is 1. The molecule has 0 radical (unpaired) electrons. The van der Waals surface area contributed by atoms with Crippen molar-refractivity contribution in [2.75, 3.05) is 0 Å². The second kappa shape index (κ2) is 12.3. The predicted octanol–water partition coefficient (Wildman–Crippen LogP) is -3.58. The number of carbonyl (C=O) groups is 6. The number of primary amides is 2. The quantitative estimate of drug-likeness (QED) is 0.158. The number of aliphatic carboxylic acids is 1. The van der Waals surface area contributed by atoms with Gasteiger partial charge in [0.2, 0.25) is 29.5 Å². The number of nitrogens with one attached hydrogen (secondary N) is 3. The molecule has 29 heavy (non-hydrogen) atoms. The monoisotopic (exact) mass is 416 g/mol. The molecule has 0 saturated carbocycles. The normalized spacial score (nSPS) is 14.6. The first-order valence-corrected chi connectivity index (χ1v) is 8.81. The van der Waals surface area contributed by atoms with E-state index < -0.39 is 59.7 Å². The summed E-state index contributed by atoms with van der Waals surface area (Å²) in [7, 11) is 0. The molecular weight excluding hydrogens is 388 g/mol. The molecule has 0 aliphatic rings. The fraction of sp³-hybridized carbons (Fsp3) is 0.625. The predicted molar refractivity (Wildman–Crippen MR) is 99.6 cm³/mol. The topological polar surface area (TPSA) is 237 Å². The van der Waals surface area contributed by atoms with Gasteiger partial charge >= 0.3 is 5.97 Å². The van der Waals surface area contributed by atoms with Crippen LogP contribution in [0.4, 0.5) is 0 Å². The van der Waals surface area contributed by atoms with Gasteiger partial charge in [0, 0.05) is 12.8 Å². The standard InChI is InChI=1S/C16H28N6O7/c1-7(17)13(25)21-10(4-6-12(19)24)15(27)22-9(3-5-11(18)23)14(26)20-8(2)16(28)29/h7-10H,3-6,17H2,1-2H3,(H2,18,23)(H2,19,24)(H,20,26)(H,21,25)(H,22,27)(H,28,29). The van der Waals surface area contributed by atoms with Crippen LogP contribution in [0.15, 0.2) is 0 Å². The molecule has 0 spiro atoms. The average Bonchev–Trinajstić information content (AvgIpc) is 2.60. The number of carbonyl (C=O) groups excluding carboxylic acids is 5. The summed E-state index contributed by atoms with van der Waals surface area (Å²) in [6, 6.07) is -4.73. The van der Waals surface area contributed by atoms with Crippen LogP contribution in [0, 0.1) is 0 Å². The Labute approximate surface area is 167 Å². The van der Waals surface area contributed by atoms with Crippen LogP contribution < -0.4 is 33.2 Å². The maximum Gasteiger partial charge on any atom is 0.325 e. The number of hydrogen-bond donors (Lipinski definition) is 7. The molecule has 0 bridgehead atoms. The van der Waals surface area contributed by atoms with Crippen molar-refractivity contribution in [3.05, 3.63) is 0 Å². The second-order valence-electron chi connectivity index (χ2n) is 6.49. The molecule has 0 aliphatic carbocycles. The van der Waals surface area contributed by atoms with Gasteiger partial charge < -0.3 is 38.3 Å². The minimum Gasteiger partial charge on any atom is -0.480 e. The van der Waals surface area contributed by atoms with E-state index in [0.717, 1.165) is 0 Å². The molecule has 5 amide bonds. The minimum absolute atomic E-state index is 0.157. The van der Waals surface area contributed by atoms with Crippen LogP contribution in [0.5, 0.6) is 0 Å². The Bertz CT molecular complexity index is 652. The summed E-state index contributed by atoms with van der Waals surface area (Å²) in [5, 5.41) is 15.7. The molecule has 0 saturated heterocycles. The molecule has 0 heterocycles. The van der Waals surface area contributed by atoms with E-state index in [1.807, 2.05) is 0 Å². The average molecular weight is 416 g/mol. The lowest BCUT2D eigenvalue weighted by Crippen LogP contribution is -2.56. The summed E-state index contributed by atoms with van der Waals surface area (Å²) in [5.41, 5.74) is 15.6. The lowest BCUT2D eigenvalue weighted by atomic mass is 10.1. The van der Waals surface area contributed by atoms with Crippen molar-refractivity contribution in [2.24, 2.45) is 17.2 Å². The van der Waals surface area contributed by atoms with Gasteiger partial charge in [0.25, 0.3) is 0 Å². The smallest absolute Gasteiger partial charge is 0.325 e. The Morgan fingerprint density at radius 3 is 1.48 bits per heavy atom. The number of nitrogens with two attached hydrogens (primary N) is 3. The van der Waals surface area contributed by atoms with Crippen molar-refractivity contribution in [1.82, 2.24) is 16.0 Å². The number of amides is 5. The molecule has 4 atom stereocenters. The van der Waals surface area contributed by atoms with Gasteiger partial charge in [-0.05, 0) is 26.7 Å². The van der Waals surface area contributed by atoms with Crippen molar-refractivity contribution in [2.45, 2.75) is 63.7 Å². The highest BCUT2D eigenvalue weighted by Crippen LogP contribution is 2.03. The maximum absolute atomic E-state index is 12.6. The zero-order chi connectivity index (χ0) is 22.7. The van der Waals surface area contributed by atoms with Gasteiger partial charge in [-0.1, -0.05) is 0 Å². The Morgan fingerprint density at radius 1 is 0.759 bits per heavy atom. The van der Waals surface area contributed by atoms with Gasteiger partial charge in [0.1, 0.15) is 18.1 Å². The summed E-state index contributed by atoms with van der Waals surface area (Å²) >= 11 is 0. The van der Waals surface area contributed by atoms with Gasteiger partial charge in [-0.15, -0.1) is 0 Å². The Kier molecular flexibility index (Phi) is 10.9. The molecule has 164 valence electrons. The lowest BCUT2D eigenvalue weighted by molar-refractivity contribution is -0.142. The van der Waals surface area contributed by atoms with Crippen LogP contribution in [0.25, 0.3) is 0 Å². The summed E-state index contributed by atoms with van der Waals surface area (Å²) in [6.07, 6.45) is -0.859. The lowest BCUT2D eigenvalue weighted by Gasteiger charge is -2.24. The van der Waals surface area contributed by atoms with Crippen LogP contribution in [0.2, 0.25) is 0 Å². The zero-order valence-corrected chi connectivity index (χ0v) is 16.3. The first-order chi connectivity index (χ1) is 13.3. The van der Waals surface area contributed by atoms with Crippen molar-refractivity contribution < 1.29 is 33.9 Å². The van der Waals surface area contributed by atoms with Crippen molar-refractivity contribution >= 4 is 35.5 Å². The minimum atomic E-state index is -1.31. The summed E-state index contributed by atoms with van der Waals surface area (Å²) in [4.78, 5) is 69.6. The van der Waals surface area contributed by atoms with Crippen molar-refractivity contribution in [1.29, 1.82) is 0 Å². The molecule has 10 N–H and O–H groups in total. The van der Waals surface area contributed by atoms with Crippen LogP contribution in [0.3, 0.4) is 0 Å². The molecule has 0 fully saturated rings. The van der Waals surface area contributed by atoms with Crippen LogP contribution in [0.1, 0.15) is 39.5 Å².